The third kappa shape index (κ3) is 2.51. The van der Waals surface area contributed by atoms with E-state index in [2.05, 4.69) is 15.9 Å². The number of ether oxygens (including phenoxy) is 1. The largest absolute Gasteiger partial charge is 0.502 e. The molecule has 2 aromatic rings. The highest BCUT2D eigenvalue weighted by molar-refractivity contribution is 9.10. The van der Waals surface area contributed by atoms with Crippen LogP contribution in [0.2, 0.25) is 0 Å². The van der Waals surface area contributed by atoms with E-state index in [1.54, 1.807) is 48.5 Å². The van der Waals surface area contributed by atoms with Crippen molar-refractivity contribution < 1.29 is 19.4 Å². The van der Waals surface area contributed by atoms with E-state index in [9.17, 15) is 14.7 Å². The van der Waals surface area contributed by atoms with Gasteiger partial charge in [0.1, 0.15) is 5.75 Å². The van der Waals surface area contributed by atoms with Crippen molar-refractivity contribution in [3.8, 4) is 5.75 Å². The lowest BCUT2D eigenvalue weighted by Crippen LogP contribution is -2.31. The van der Waals surface area contributed by atoms with Crippen molar-refractivity contribution in [3.63, 3.8) is 0 Å². The monoisotopic (exact) mass is 373 g/mol. The van der Waals surface area contributed by atoms with Crippen LogP contribution in [-0.4, -0.2) is 24.0 Å². The van der Waals surface area contributed by atoms with E-state index in [1.165, 1.54) is 7.11 Å². The van der Waals surface area contributed by atoms with E-state index in [0.717, 1.165) is 9.37 Å². The molecule has 116 valence electrons. The quantitative estimate of drug-likeness (QED) is 0.838. The van der Waals surface area contributed by atoms with E-state index in [1.807, 2.05) is 0 Å². The van der Waals surface area contributed by atoms with Crippen molar-refractivity contribution in [2.45, 2.75) is 0 Å². The Bertz CT molecular complexity index is 844. The summed E-state index contributed by atoms with van der Waals surface area (Å²) in [6.07, 6.45) is 0. The van der Waals surface area contributed by atoms with Crippen LogP contribution in [0.15, 0.2) is 58.8 Å². The number of aliphatic hydroxyl groups excluding tert-OH is 1. The molecular formula is C17H12BrNO4. The van der Waals surface area contributed by atoms with Crippen LogP contribution >= 0.6 is 15.9 Å². The number of benzene rings is 2. The first-order chi connectivity index (χ1) is 11.0. The zero-order chi connectivity index (χ0) is 16.6. The van der Waals surface area contributed by atoms with Crippen LogP contribution in [-0.2, 0) is 9.59 Å². The zero-order valence-electron chi connectivity index (χ0n) is 12.1. The number of hydrogen-bond acceptors (Lipinski definition) is 4. The van der Waals surface area contributed by atoms with Gasteiger partial charge in [0, 0.05) is 10.0 Å². The number of anilines is 1. The summed E-state index contributed by atoms with van der Waals surface area (Å²) in [5.74, 6) is -1.52. The molecule has 6 heteroatoms. The van der Waals surface area contributed by atoms with Gasteiger partial charge in [-0.25, -0.2) is 4.90 Å². The Morgan fingerprint density at radius 3 is 2.48 bits per heavy atom. The molecule has 0 spiro atoms. The Labute approximate surface area is 140 Å². The van der Waals surface area contributed by atoms with Gasteiger partial charge in [-0.3, -0.25) is 9.59 Å². The normalized spacial score (nSPS) is 14.6. The number of carbonyl (C=O) groups excluding carboxylic acids is 2. The molecule has 23 heavy (non-hydrogen) atoms. The molecule has 5 nitrogen and oxygen atoms in total. The first-order valence-corrected chi connectivity index (χ1v) is 7.55. The average Bonchev–Trinajstić information content (AvgIpc) is 2.77. The van der Waals surface area contributed by atoms with E-state index in [0.29, 0.717) is 17.0 Å². The highest BCUT2D eigenvalue weighted by Gasteiger charge is 2.41. The van der Waals surface area contributed by atoms with Gasteiger partial charge in [-0.15, -0.1) is 0 Å². The Morgan fingerprint density at radius 1 is 1.04 bits per heavy atom. The number of carbonyl (C=O) groups is 2. The van der Waals surface area contributed by atoms with Crippen LogP contribution in [0.4, 0.5) is 5.69 Å². The molecular weight excluding hydrogens is 362 g/mol. The van der Waals surface area contributed by atoms with Gasteiger partial charge in [0.2, 0.25) is 0 Å². The molecule has 0 aliphatic carbocycles. The fourth-order valence-corrected chi connectivity index (χ4v) is 2.85. The first-order valence-electron chi connectivity index (χ1n) is 6.75. The minimum atomic E-state index is -0.756. The number of amides is 2. The summed E-state index contributed by atoms with van der Waals surface area (Å²) in [5, 5.41) is 10.2. The number of hydrogen-bond donors (Lipinski definition) is 1. The maximum atomic E-state index is 12.7. The summed E-state index contributed by atoms with van der Waals surface area (Å²) in [5.41, 5.74) is 0.696. The molecule has 2 amide bonds. The van der Waals surface area contributed by atoms with Gasteiger partial charge < -0.3 is 9.84 Å². The number of aliphatic hydroxyl groups is 1. The number of para-hydroxylation sites is 1. The first kappa shape index (κ1) is 15.3. The van der Waals surface area contributed by atoms with Gasteiger partial charge in [0.05, 0.1) is 18.4 Å². The highest BCUT2D eigenvalue weighted by atomic mass is 79.9. The van der Waals surface area contributed by atoms with Crippen LogP contribution in [0, 0.1) is 0 Å². The summed E-state index contributed by atoms with van der Waals surface area (Å²) in [7, 11) is 1.46. The van der Waals surface area contributed by atoms with Gasteiger partial charge in [0.25, 0.3) is 5.91 Å². The number of methoxy groups -OCH3 is 1. The van der Waals surface area contributed by atoms with Crippen LogP contribution < -0.4 is 9.64 Å². The molecule has 0 bridgehead atoms. The summed E-state index contributed by atoms with van der Waals surface area (Å²) in [6, 6.07) is 13.5. The smallest absolute Gasteiger partial charge is 0.301 e. The van der Waals surface area contributed by atoms with Crippen LogP contribution in [0.25, 0.3) is 5.57 Å². The van der Waals surface area contributed by atoms with Crippen molar-refractivity contribution in [1.82, 2.24) is 0 Å². The lowest BCUT2D eigenvalue weighted by molar-refractivity contribution is -0.121. The predicted molar refractivity (Wildman–Crippen MR) is 89.2 cm³/mol. The van der Waals surface area contributed by atoms with Crippen molar-refractivity contribution >= 4 is 39.0 Å². The Hall–Kier alpha value is -2.60. The highest BCUT2D eigenvalue weighted by Crippen LogP contribution is 2.36. The van der Waals surface area contributed by atoms with E-state index in [4.69, 9.17) is 4.74 Å². The molecule has 3 rings (SSSR count). The maximum Gasteiger partial charge on any atom is 0.301 e. The Kier molecular flexibility index (Phi) is 3.92. The van der Waals surface area contributed by atoms with Crippen LogP contribution in [0.5, 0.6) is 5.75 Å². The minimum absolute atomic E-state index is 0.0626. The van der Waals surface area contributed by atoms with Crippen molar-refractivity contribution in [2.75, 3.05) is 12.0 Å². The molecule has 0 atom stereocenters. The number of nitrogens with zero attached hydrogens (tertiary/aromatic N) is 1. The second kappa shape index (κ2) is 5.89. The summed E-state index contributed by atoms with van der Waals surface area (Å²) >= 11 is 3.30. The molecule has 1 aliphatic rings. The summed E-state index contributed by atoms with van der Waals surface area (Å²) in [6.45, 7) is 0. The standard InChI is InChI=1S/C17H12BrNO4/c1-23-13-8-3-2-7-12(13)14-15(20)17(22)19(16(14)21)11-6-4-5-10(18)9-11/h2-9,20H,1H3. The number of rotatable bonds is 3. The SMILES string of the molecule is COc1ccccc1C1=C(O)C(=O)N(c2cccc(Br)c2)C1=O. The molecule has 1 heterocycles. The van der Waals surface area contributed by atoms with Crippen molar-refractivity contribution in [2.24, 2.45) is 0 Å². The van der Waals surface area contributed by atoms with Gasteiger partial charge >= 0.3 is 5.91 Å². The molecule has 0 fully saturated rings. The van der Waals surface area contributed by atoms with Crippen molar-refractivity contribution in [3.05, 3.63) is 64.3 Å². The molecule has 2 aromatic carbocycles. The molecule has 0 aromatic heterocycles. The van der Waals surface area contributed by atoms with Gasteiger partial charge in [0.15, 0.2) is 5.76 Å². The van der Waals surface area contributed by atoms with Gasteiger partial charge in [-0.1, -0.05) is 40.2 Å². The Morgan fingerprint density at radius 2 is 1.78 bits per heavy atom. The van der Waals surface area contributed by atoms with Gasteiger partial charge in [-0.2, -0.15) is 0 Å². The molecule has 1 aliphatic heterocycles. The second-order valence-corrected chi connectivity index (χ2v) is 5.77. The molecule has 1 N–H and O–H groups in total. The topological polar surface area (TPSA) is 66.8 Å². The van der Waals surface area contributed by atoms with E-state index >= 15 is 0 Å². The fraction of sp³-hybridized carbons (Fsp3) is 0.0588. The van der Waals surface area contributed by atoms with Gasteiger partial charge in [-0.05, 0) is 24.3 Å². The molecule has 0 radical (unpaired) electrons. The van der Waals surface area contributed by atoms with Crippen LogP contribution in [0.1, 0.15) is 5.56 Å². The number of imide groups is 1. The van der Waals surface area contributed by atoms with E-state index in [-0.39, 0.29) is 5.57 Å². The average molecular weight is 374 g/mol. The van der Waals surface area contributed by atoms with Crippen molar-refractivity contribution in [1.29, 1.82) is 0 Å². The van der Waals surface area contributed by atoms with E-state index < -0.39 is 17.6 Å². The Balaban J connectivity index is 2.10. The summed E-state index contributed by atoms with van der Waals surface area (Å²) in [4.78, 5) is 26.0. The second-order valence-electron chi connectivity index (χ2n) is 4.85. The lowest BCUT2D eigenvalue weighted by Gasteiger charge is -2.15. The third-order valence-electron chi connectivity index (χ3n) is 3.50. The predicted octanol–water partition coefficient (Wildman–Crippen LogP) is 3.30. The zero-order valence-corrected chi connectivity index (χ0v) is 13.7. The maximum absolute atomic E-state index is 12.7. The number of halogens is 1. The lowest BCUT2D eigenvalue weighted by atomic mass is 10.0. The molecule has 0 saturated carbocycles. The molecule has 0 saturated heterocycles. The minimum Gasteiger partial charge on any atom is -0.502 e. The van der Waals surface area contributed by atoms with Crippen LogP contribution in [0.3, 0.4) is 0 Å². The summed E-state index contributed by atoms with van der Waals surface area (Å²) < 4.78 is 5.94. The molecule has 0 unspecified atom stereocenters. The third-order valence-corrected chi connectivity index (χ3v) is 4.00. The fourth-order valence-electron chi connectivity index (χ4n) is 2.46.